The fourth-order valence-electron chi connectivity index (χ4n) is 2.70. The lowest BCUT2D eigenvalue weighted by atomic mass is 10.1. The number of hydrogen-bond donors (Lipinski definition) is 1. The first-order valence-electron chi connectivity index (χ1n) is 9.25. The summed E-state index contributed by atoms with van der Waals surface area (Å²) in [6.45, 7) is 5.07. The largest absolute Gasteiger partial charge is 0.436 e. The van der Waals surface area contributed by atoms with Crippen molar-refractivity contribution in [1.29, 1.82) is 0 Å². The van der Waals surface area contributed by atoms with Crippen LogP contribution in [-0.2, 0) is 4.74 Å². The van der Waals surface area contributed by atoms with Crippen molar-refractivity contribution in [1.82, 2.24) is 10.3 Å². The molecule has 3 aromatic rings. The number of amides is 1. The van der Waals surface area contributed by atoms with Gasteiger partial charge in [-0.1, -0.05) is 12.1 Å². The Kier molecular flexibility index (Phi) is 6.55. The van der Waals surface area contributed by atoms with E-state index < -0.39 is 0 Å². The molecule has 1 aromatic heterocycles. The van der Waals surface area contributed by atoms with Crippen molar-refractivity contribution in [3.05, 3.63) is 66.1 Å². The van der Waals surface area contributed by atoms with Crippen molar-refractivity contribution in [3.63, 3.8) is 0 Å². The smallest absolute Gasteiger partial charge is 0.252 e. The van der Waals surface area contributed by atoms with Crippen molar-refractivity contribution in [2.24, 2.45) is 0 Å². The van der Waals surface area contributed by atoms with Crippen LogP contribution in [0.4, 0.5) is 4.39 Å². The highest BCUT2D eigenvalue weighted by Crippen LogP contribution is 2.28. The first-order chi connectivity index (χ1) is 13.5. The van der Waals surface area contributed by atoms with Gasteiger partial charge in [-0.15, -0.1) is 0 Å². The summed E-state index contributed by atoms with van der Waals surface area (Å²) in [4.78, 5) is 16.9. The van der Waals surface area contributed by atoms with Crippen LogP contribution in [0.2, 0.25) is 0 Å². The van der Waals surface area contributed by atoms with Crippen LogP contribution < -0.4 is 5.32 Å². The minimum Gasteiger partial charge on any atom is -0.436 e. The molecule has 1 amide bonds. The Bertz CT molecular complexity index is 920. The summed E-state index contributed by atoms with van der Waals surface area (Å²) in [7, 11) is 0. The van der Waals surface area contributed by atoms with Crippen LogP contribution in [0.15, 0.2) is 59.1 Å². The summed E-state index contributed by atoms with van der Waals surface area (Å²) in [5, 5.41) is 2.90. The average molecular weight is 382 g/mol. The quantitative estimate of drug-likeness (QED) is 0.574. The van der Waals surface area contributed by atoms with E-state index in [-0.39, 0.29) is 17.8 Å². The van der Waals surface area contributed by atoms with Crippen LogP contribution >= 0.6 is 0 Å². The zero-order valence-corrected chi connectivity index (χ0v) is 15.9. The van der Waals surface area contributed by atoms with Crippen molar-refractivity contribution < 1.29 is 18.3 Å². The van der Waals surface area contributed by atoms with Gasteiger partial charge in [-0.3, -0.25) is 4.79 Å². The van der Waals surface area contributed by atoms with Gasteiger partial charge >= 0.3 is 0 Å². The number of aromatic nitrogens is 1. The van der Waals surface area contributed by atoms with E-state index in [2.05, 4.69) is 10.3 Å². The Hall–Kier alpha value is -2.99. The Morgan fingerprint density at radius 2 is 1.93 bits per heavy atom. The minimum absolute atomic E-state index is 0.178. The Labute approximate surface area is 163 Å². The van der Waals surface area contributed by atoms with Gasteiger partial charge in [-0.2, -0.15) is 0 Å². The van der Waals surface area contributed by atoms with Crippen LogP contribution in [0.3, 0.4) is 0 Å². The number of carbonyl (C=O) groups excluding carboxylic acids is 1. The number of ether oxygens (including phenoxy) is 1. The van der Waals surface area contributed by atoms with Gasteiger partial charge in [0.25, 0.3) is 5.91 Å². The van der Waals surface area contributed by atoms with E-state index in [1.165, 1.54) is 12.1 Å². The van der Waals surface area contributed by atoms with Crippen molar-refractivity contribution >= 4 is 5.91 Å². The van der Waals surface area contributed by atoms with Gasteiger partial charge in [-0.25, -0.2) is 9.37 Å². The maximum Gasteiger partial charge on any atom is 0.252 e. The highest BCUT2D eigenvalue weighted by Gasteiger charge is 2.16. The fourth-order valence-corrected chi connectivity index (χ4v) is 2.70. The summed E-state index contributed by atoms with van der Waals surface area (Å²) in [5.41, 5.74) is 1.80. The summed E-state index contributed by atoms with van der Waals surface area (Å²) in [6.07, 6.45) is 2.48. The van der Waals surface area contributed by atoms with Crippen LogP contribution in [0.25, 0.3) is 22.8 Å². The summed E-state index contributed by atoms with van der Waals surface area (Å²) < 4.78 is 24.4. The lowest BCUT2D eigenvalue weighted by Gasteiger charge is -2.10. The monoisotopic (exact) mass is 382 g/mol. The molecule has 146 valence electrons. The van der Waals surface area contributed by atoms with Gasteiger partial charge in [-0.05, 0) is 56.7 Å². The molecule has 0 saturated carbocycles. The molecule has 0 radical (unpaired) electrons. The lowest BCUT2D eigenvalue weighted by molar-refractivity contribution is 0.0757. The molecular formula is C22H23FN2O3. The van der Waals surface area contributed by atoms with E-state index in [0.717, 1.165) is 6.42 Å². The highest BCUT2D eigenvalue weighted by atomic mass is 19.1. The molecule has 0 unspecified atom stereocenters. The zero-order valence-electron chi connectivity index (χ0n) is 15.9. The minimum atomic E-state index is -0.315. The first-order valence-corrected chi connectivity index (χ1v) is 9.25. The van der Waals surface area contributed by atoms with Gasteiger partial charge in [0.15, 0.2) is 5.76 Å². The van der Waals surface area contributed by atoms with Crippen molar-refractivity contribution in [2.45, 2.75) is 26.4 Å². The number of carbonyl (C=O) groups is 1. The molecule has 0 bridgehead atoms. The van der Waals surface area contributed by atoms with E-state index in [9.17, 15) is 9.18 Å². The molecule has 0 aliphatic carbocycles. The van der Waals surface area contributed by atoms with E-state index >= 15 is 0 Å². The number of oxazole rings is 1. The van der Waals surface area contributed by atoms with E-state index in [0.29, 0.717) is 41.5 Å². The number of rotatable bonds is 8. The van der Waals surface area contributed by atoms with Gasteiger partial charge in [0.05, 0.1) is 17.9 Å². The number of nitrogens with one attached hydrogen (secondary N) is 1. The van der Waals surface area contributed by atoms with Crippen LogP contribution in [0.5, 0.6) is 0 Å². The van der Waals surface area contributed by atoms with E-state index in [1.807, 2.05) is 19.9 Å². The van der Waals surface area contributed by atoms with E-state index in [4.69, 9.17) is 9.15 Å². The third-order valence-corrected chi connectivity index (χ3v) is 4.09. The Morgan fingerprint density at radius 3 is 2.68 bits per heavy atom. The maximum atomic E-state index is 13.1. The van der Waals surface area contributed by atoms with Gasteiger partial charge < -0.3 is 14.5 Å². The molecule has 0 fully saturated rings. The van der Waals surface area contributed by atoms with Crippen LogP contribution in [-0.4, -0.2) is 30.1 Å². The molecule has 3 rings (SSSR count). The molecule has 6 heteroatoms. The number of benzene rings is 2. The molecule has 0 atom stereocenters. The predicted molar refractivity (Wildman–Crippen MR) is 105 cm³/mol. The first kappa shape index (κ1) is 19.8. The van der Waals surface area contributed by atoms with Gasteiger partial charge in [0, 0.05) is 24.3 Å². The summed E-state index contributed by atoms with van der Waals surface area (Å²) in [6, 6.07) is 13.1. The molecule has 2 aromatic carbocycles. The third-order valence-electron chi connectivity index (χ3n) is 4.09. The molecule has 0 saturated heterocycles. The Morgan fingerprint density at radius 1 is 1.18 bits per heavy atom. The fraction of sp³-hybridized carbons (Fsp3) is 0.273. The summed E-state index contributed by atoms with van der Waals surface area (Å²) in [5.74, 6) is 0.343. The van der Waals surface area contributed by atoms with Crippen LogP contribution in [0, 0.1) is 5.82 Å². The molecule has 0 aliphatic heterocycles. The SMILES string of the molecule is CC(C)OCCCNC(=O)c1ccccc1-c1ncc(-c2ccc(F)cc2)o1. The molecule has 0 aliphatic rings. The topological polar surface area (TPSA) is 64.4 Å². The van der Waals surface area contributed by atoms with Gasteiger partial charge in [0.2, 0.25) is 5.89 Å². The molecule has 1 heterocycles. The number of halogens is 1. The molecule has 0 spiro atoms. The van der Waals surface area contributed by atoms with Crippen LogP contribution in [0.1, 0.15) is 30.6 Å². The molecular weight excluding hydrogens is 359 g/mol. The van der Waals surface area contributed by atoms with E-state index in [1.54, 1.807) is 36.5 Å². The second kappa shape index (κ2) is 9.28. The zero-order chi connectivity index (χ0) is 19.9. The normalized spacial score (nSPS) is 11.0. The molecule has 5 nitrogen and oxygen atoms in total. The summed E-state index contributed by atoms with van der Waals surface area (Å²) >= 11 is 0. The average Bonchev–Trinajstić information content (AvgIpc) is 3.18. The number of nitrogens with zero attached hydrogens (tertiary/aromatic N) is 1. The van der Waals surface area contributed by atoms with Crippen molar-refractivity contribution in [3.8, 4) is 22.8 Å². The third kappa shape index (κ3) is 5.04. The van der Waals surface area contributed by atoms with Crippen molar-refractivity contribution in [2.75, 3.05) is 13.2 Å². The number of hydrogen-bond acceptors (Lipinski definition) is 4. The second-order valence-electron chi connectivity index (χ2n) is 6.61. The molecule has 28 heavy (non-hydrogen) atoms. The van der Waals surface area contributed by atoms with Gasteiger partial charge in [0.1, 0.15) is 5.82 Å². The maximum absolute atomic E-state index is 13.1. The standard InChI is InChI=1S/C22H23FN2O3/c1-15(2)27-13-5-12-24-21(26)18-6-3-4-7-19(18)22-25-14-20(28-22)16-8-10-17(23)11-9-16/h3-4,6-11,14-15H,5,12-13H2,1-2H3,(H,24,26). The predicted octanol–water partition coefficient (Wildman–Crippen LogP) is 4.69. The lowest BCUT2D eigenvalue weighted by Crippen LogP contribution is -2.26. The molecule has 1 N–H and O–H groups in total. The highest BCUT2D eigenvalue weighted by molar-refractivity contribution is 6.00. The second-order valence-corrected chi connectivity index (χ2v) is 6.61. The Balaban J connectivity index is 1.72.